The van der Waals surface area contributed by atoms with Crippen molar-refractivity contribution >= 4 is 27.3 Å². The van der Waals surface area contributed by atoms with E-state index in [-0.39, 0.29) is 0 Å². The summed E-state index contributed by atoms with van der Waals surface area (Å²) in [5.41, 5.74) is 0. The number of hydrogen-bond acceptors (Lipinski definition) is 3. The van der Waals surface area contributed by atoms with Crippen LogP contribution in [0.5, 0.6) is 0 Å². The molecule has 2 heterocycles. The third-order valence-electron chi connectivity index (χ3n) is 2.32. The van der Waals surface area contributed by atoms with E-state index >= 15 is 0 Å². The fraction of sp³-hybridized carbons (Fsp3) is 0.364. The lowest BCUT2D eigenvalue weighted by atomic mass is 10.3. The summed E-state index contributed by atoms with van der Waals surface area (Å²) in [5.74, 6) is 0. The number of aromatic nitrogens is 2. The summed E-state index contributed by atoms with van der Waals surface area (Å²) < 4.78 is 3.14. The first-order valence-electron chi connectivity index (χ1n) is 5.18. The maximum absolute atomic E-state index is 4.19. The molecule has 2 aromatic heterocycles. The van der Waals surface area contributed by atoms with E-state index in [2.05, 4.69) is 44.7 Å². The molecule has 0 fully saturated rings. The topological polar surface area (TPSA) is 29.9 Å². The molecule has 0 aromatic carbocycles. The van der Waals surface area contributed by atoms with E-state index in [0.717, 1.165) is 13.1 Å². The van der Waals surface area contributed by atoms with Gasteiger partial charge in [-0.05, 0) is 40.4 Å². The molecule has 0 aliphatic heterocycles. The summed E-state index contributed by atoms with van der Waals surface area (Å²) >= 11 is 5.30. The van der Waals surface area contributed by atoms with Crippen LogP contribution in [-0.2, 0) is 13.1 Å². The van der Waals surface area contributed by atoms with Gasteiger partial charge in [-0.15, -0.1) is 11.3 Å². The van der Waals surface area contributed by atoms with E-state index in [4.69, 9.17) is 0 Å². The van der Waals surface area contributed by atoms with Crippen molar-refractivity contribution in [3.05, 3.63) is 39.3 Å². The van der Waals surface area contributed by atoms with Gasteiger partial charge in [0.1, 0.15) is 0 Å². The van der Waals surface area contributed by atoms with Gasteiger partial charge in [-0.1, -0.05) is 0 Å². The largest absolute Gasteiger partial charge is 0.307 e. The van der Waals surface area contributed by atoms with E-state index in [1.165, 1.54) is 9.35 Å². The molecule has 16 heavy (non-hydrogen) atoms. The number of thiophene rings is 1. The summed E-state index contributed by atoms with van der Waals surface area (Å²) in [6.45, 7) is 3.97. The van der Waals surface area contributed by atoms with Crippen molar-refractivity contribution in [2.45, 2.75) is 26.1 Å². The summed E-state index contributed by atoms with van der Waals surface area (Å²) in [6.07, 6.45) is 3.79. The highest BCUT2D eigenvalue weighted by Crippen LogP contribution is 2.22. The Morgan fingerprint density at radius 3 is 3.12 bits per heavy atom. The minimum absolute atomic E-state index is 0.411. The molecule has 1 N–H and O–H groups in total. The highest BCUT2D eigenvalue weighted by Gasteiger charge is 2.05. The monoisotopic (exact) mass is 299 g/mol. The standard InChI is InChI=1S/C11H14BrN3S/c1-9(8-15-5-2-4-14-15)13-7-11-10(12)3-6-16-11/h2-6,9,13H,7-8H2,1H3. The van der Waals surface area contributed by atoms with Crippen molar-refractivity contribution in [2.24, 2.45) is 0 Å². The molecule has 3 nitrogen and oxygen atoms in total. The van der Waals surface area contributed by atoms with Gasteiger partial charge in [0.25, 0.3) is 0 Å². The molecule has 0 spiro atoms. The molecule has 5 heteroatoms. The van der Waals surface area contributed by atoms with Gasteiger partial charge in [-0.2, -0.15) is 5.10 Å². The molecule has 1 unspecified atom stereocenters. The maximum atomic E-state index is 4.19. The van der Waals surface area contributed by atoms with Gasteiger partial charge in [0, 0.05) is 34.3 Å². The molecular weight excluding hydrogens is 286 g/mol. The maximum Gasteiger partial charge on any atom is 0.0560 e. The van der Waals surface area contributed by atoms with Crippen LogP contribution in [-0.4, -0.2) is 15.8 Å². The fourth-order valence-electron chi connectivity index (χ4n) is 1.47. The second-order valence-corrected chi connectivity index (χ2v) is 5.56. The predicted molar refractivity (Wildman–Crippen MR) is 70.5 cm³/mol. The van der Waals surface area contributed by atoms with Crippen molar-refractivity contribution in [3.63, 3.8) is 0 Å². The van der Waals surface area contributed by atoms with Crippen LogP contribution < -0.4 is 5.32 Å². The minimum atomic E-state index is 0.411. The van der Waals surface area contributed by atoms with Gasteiger partial charge in [0.15, 0.2) is 0 Å². The molecule has 2 rings (SSSR count). The third-order valence-corrected chi connectivity index (χ3v) is 4.25. The first-order chi connectivity index (χ1) is 7.75. The molecule has 0 saturated carbocycles. The molecule has 86 valence electrons. The Hall–Kier alpha value is -0.650. The molecule has 0 radical (unpaired) electrons. The van der Waals surface area contributed by atoms with Crippen LogP contribution in [0.25, 0.3) is 0 Å². The van der Waals surface area contributed by atoms with E-state index in [9.17, 15) is 0 Å². The first-order valence-corrected chi connectivity index (χ1v) is 6.85. The number of nitrogens with zero attached hydrogens (tertiary/aromatic N) is 2. The zero-order valence-corrected chi connectivity index (χ0v) is 11.5. The van der Waals surface area contributed by atoms with E-state index in [1.807, 2.05) is 23.1 Å². The van der Waals surface area contributed by atoms with Gasteiger partial charge in [-0.25, -0.2) is 0 Å². The van der Waals surface area contributed by atoms with Gasteiger partial charge < -0.3 is 5.32 Å². The Morgan fingerprint density at radius 2 is 2.50 bits per heavy atom. The first kappa shape index (κ1) is 11.8. The van der Waals surface area contributed by atoms with Crippen molar-refractivity contribution in [2.75, 3.05) is 0 Å². The Kier molecular flexibility index (Phi) is 4.15. The van der Waals surface area contributed by atoms with Crippen molar-refractivity contribution < 1.29 is 0 Å². The van der Waals surface area contributed by atoms with Crippen LogP contribution in [0.3, 0.4) is 0 Å². The molecular formula is C11H14BrN3S. The molecule has 0 amide bonds. The lowest BCUT2D eigenvalue weighted by Gasteiger charge is -2.13. The number of halogens is 1. The van der Waals surface area contributed by atoms with Crippen LogP contribution in [0.1, 0.15) is 11.8 Å². The molecule has 2 aromatic rings. The van der Waals surface area contributed by atoms with Gasteiger partial charge in [0.2, 0.25) is 0 Å². The van der Waals surface area contributed by atoms with Crippen LogP contribution in [0.15, 0.2) is 34.4 Å². The van der Waals surface area contributed by atoms with Gasteiger partial charge in [0.05, 0.1) is 6.54 Å². The van der Waals surface area contributed by atoms with Crippen LogP contribution >= 0.6 is 27.3 Å². The van der Waals surface area contributed by atoms with Crippen LogP contribution in [0.4, 0.5) is 0 Å². The summed E-state index contributed by atoms with van der Waals surface area (Å²) in [4.78, 5) is 1.34. The highest BCUT2D eigenvalue weighted by molar-refractivity contribution is 9.10. The van der Waals surface area contributed by atoms with E-state index in [0.29, 0.717) is 6.04 Å². The molecule has 0 aliphatic rings. The SMILES string of the molecule is CC(Cn1cccn1)NCc1sccc1Br. The predicted octanol–water partition coefficient (Wildman–Crippen LogP) is 2.89. The van der Waals surface area contributed by atoms with Gasteiger partial charge in [-0.3, -0.25) is 4.68 Å². The average Bonchev–Trinajstić information content (AvgIpc) is 2.87. The average molecular weight is 300 g/mol. The third kappa shape index (κ3) is 3.17. The van der Waals surface area contributed by atoms with E-state index in [1.54, 1.807) is 11.3 Å². The Bertz CT molecular complexity index is 424. The molecule has 1 atom stereocenters. The van der Waals surface area contributed by atoms with E-state index < -0.39 is 0 Å². The Balaban J connectivity index is 1.80. The zero-order valence-electron chi connectivity index (χ0n) is 9.06. The number of rotatable bonds is 5. The van der Waals surface area contributed by atoms with Crippen molar-refractivity contribution in [1.29, 1.82) is 0 Å². The lowest BCUT2D eigenvalue weighted by Crippen LogP contribution is -2.29. The lowest BCUT2D eigenvalue weighted by molar-refractivity contribution is 0.452. The summed E-state index contributed by atoms with van der Waals surface area (Å²) in [7, 11) is 0. The van der Waals surface area contributed by atoms with Crippen molar-refractivity contribution in [3.8, 4) is 0 Å². The Labute approximate surface area is 108 Å². The van der Waals surface area contributed by atoms with Crippen LogP contribution in [0.2, 0.25) is 0 Å². The van der Waals surface area contributed by atoms with Crippen molar-refractivity contribution in [1.82, 2.24) is 15.1 Å². The summed E-state index contributed by atoms with van der Waals surface area (Å²) in [5, 5.41) is 9.77. The summed E-state index contributed by atoms with van der Waals surface area (Å²) in [6, 6.07) is 4.44. The molecule has 0 saturated heterocycles. The zero-order chi connectivity index (χ0) is 11.4. The minimum Gasteiger partial charge on any atom is -0.307 e. The Morgan fingerprint density at radius 1 is 1.62 bits per heavy atom. The highest BCUT2D eigenvalue weighted by atomic mass is 79.9. The fourth-order valence-corrected chi connectivity index (χ4v) is 2.92. The second kappa shape index (κ2) is 5.61. The van der Waals surface area contributed by atoms with Crippen LogP contribution in [0, 0.1) is 0 Å². The van der Waals surface area contributed by atoms with Gasteiger partial charge >= 0.3 is 0 Å². The normalized spacial score (nSPS) is 12.9. The quantitative estimate of drug-likeness (QED) is 0.920. The molecule has 0 aliphatic carbocycles. The second-order valence-electron chi connectivity index (χ2n) is 3.70. The molecule has 0 bridgehead atoms. The smallest absolute Gasteiger partial charge is 0.0560 e. The number of nitrogens with one attached hydrogen (secondary N) is 1. The number of hydrogen-bond donors (Lipinski definition) is 1.